The quantitative estimate of drug-likeness (QED) is 0.774. The van der Waals surface area contributed by atoms with Crippen molar-refractivity contribution in [3.05, 3.63) is 28.8 Å². The number of carbonyl (C=O) groups excluding carboxylic acids is 2. The molecule has 0 atom stereocenters. The third-order valence-corrected chi connectivity index (χ3v) is 5.09. The maximum Gasteiger partial charge on any atom is 0.253 e. The van der Waals surface area contributed by atoms with Crippen LogP contribution in [0.25, 0.3) is 0 Å². The van der Waals surface area contributed by atoms with E-state index in [-0.39, 0.29) is 11.8 Å². The first-order chi connectivity index (χ1) is 10.6. The first-order valence-electron chi connectivity index (χ1n) is 8.07. The summed E-state index contributed by atoms with van der Waals surface area (Å²) in [5.41, 5.74) is 4.23. The van der Waals surface area contributed by atoms with Crippen molar-refractivity contribution in [3.63, 3.8) is 0 Å². The van der Waals surface area contributed by atoms with E-state index in [1.165, 1.54) is 11.1 Å². The van der Waals surface area contributed by atoms with Crippen LogP contribution in [-0.2, 0) is 17.6 Å². The van der Waals surface area contributed by atoms with Gasteiger partial charge in [-0.2, -0.15) is 0 Å². The minimum absolute atomic E-state index is 0.141. The zero-order valence-corrected chi connectivity index (χ0v) is 13.0. The lowest BCUT2D eigenvalue weighted by molar-refractivity contribution is -0.118. The second-order valence-corrected chi connectivity index (χ2v) is 6.53. The van der Waals surface area contributed by atoms with Gasteiger partial charge in [0, 0.05) is 44.7 Å². The Morgan fingerprint density at radius 3 is 2.36 bits per heavy atom. The average molecular weight is 299 g/mol. The number of aryl methyl sites for hydroxylation is 1. The van der Waals surface area contributed by atoms with Gasteiger partial charge in [-0.15, -0.1) is 0 Å². The number of anilines is 1. The Hall–Kier alpha value is -1.88. The molecular weight excluding hydrogens is 278 g/mol. The highest BCUT2D eigenvalue weighted by molar-refractivity contribution is 6.01. The maximum atomic E-state index is 12.8. The SMILES string of the molecule is CN1CCN(C(=O)c2cc3c4c(c2)CCN4C(=O)CC3)CC1. The third-order valence-electron chi connectivity index (χ3n) is 5.09. The Kier molecular flexibility index (Phi) is 3.18. The minimum Gasteiger partial charge on any atom is -0.336 e. The Balaban J connectivity index is 1.64. The molecule has 5 nitrogen and oxygen atoms in total. The molecule has 1 aromatic rings. The molecule has 0 unspecified atom stereocenters. The van der Waals surface area contributed by atoms with Crippen LogP contribution in [0.5, 0.6) is 0 Å². The zero-order chi connectivity index (χ0) is 15.3. The molecule has 2 amide bonds. The molecule has 3 heterocycles. The van der Waals surface area contributed by atoms with Crippen LogP contribution in [0, 0.1) is 0 Å². The number of benzene rings is 1. The summed E-state index contributed by atoms with van der Waals surface area (Å²) in [4.78, 5) is 30.8. The Labute approximate surface area is 130 Å². The maximum absolute atomic E-state index is 12.8. The molecule has 0 saturated carbocycles. The van der Waals surface area contributed by atoms with Gasteiger partial charge in [0.05, 0.1) is 5.69 Å². The Morgan fingerprint density at radius 2 is 1.64 bits per heavy atom. The summed E-state index contributed by atoms with van der Waals surface area (Å²) in [5, 5.41) is 0. The zero-order valence-electron chi connectivity index (χ0n) is 13.0. The fraction of sp³-hybridized carbons (Fsp3) is 0.529. The molecule has 0 aromatic heterocycles. The van der Waals surface area contributed by atoms with Crippen molar-refractivity contribution in [2.75, 3.05) is 44.7 Å². The number of hydrogen-bond acceptors (Lipinski definition) is 3. The van der Waals surface area contributed by atoms with Gasteiger partial charge in [0.25, 0.3) is 5.91 Å². The lowest BCUT2D eigenvalue weighted by Crippen LogP contribution is -2.47. The molecule has 0 bridgehead atoms. The number of carbonyl (C=O) groups is 2. The predicted octanol–water partition coefficient (Wildman–Crippen LogP) is 0.909. The summed E-state index contributed by atoms with van der Waals surface area (Å²) in [6.45, 7) is 4.24. The smallest absolute Gasteiger partial charge is 0.253 e. The third kappa shape index (κ3) is 2.11. The number of likely N-dealkylation sites (N-methyl/N-ethyl adjacent to an activating group) is 1. The molecule has 1 fully saturated rings. The molecule has 22 heavy (non-hydrogen) atoms. The van der Waals surface area contributed by atoms with Gasteiger partial charge >= 0.3 is 0 Å². The van der Waals surface area contributed by atoms with E-state index in [1.54, 1.807) is 0 Å². The lowest BCUT2D eigenvalue weighted by Gasteiger charge is -2.33. The monoisotopic (exact) mass is 299 g/mol. The highest BCUT2D eigenvalue weighted by Crippen LogP contribution is 2.37. The summed E-state index contributed by atoms with van der Waals surface area (Å²) in [6, 6.07) is 4.03. The van der Waals surface area contributed by atoms with E-state index in [4.69, 9.17) is 0 Å². The second-order valence-electron chi connectivity index (χ2n) is 6.53. The number of hydrogen-bond donors (Lipinski definition) is 0. The van der Waals surface area contributed by atoms with E-state index in [0.29, 0.717) is 6.42 Å². The van der Waals surface area contributed by atoms with E-state index >= 15 is 0 Å². The average Bonchev–Trinajstić information content (AvgIpc) is 2.96. The van der Waals surface area contributed by atoms with E-state index < -0.39 is 0 Å². The summed E-state index contributed by atoms with van der Waals surface area (Å²) < 4.78 is 0. The summed E-state index contributed by atoms with van der Waals surface area (Å²) in [7, 11) is 2.09. The molecule has 3 aliphatic rings. The molecule has 5 heteroatoms. The van der Waals surface area contributed by atoms with Crippen molar-refractivity contribution in [3.8, 4) is 0 Å². The van der Waals surface area contributed by atoms with Gasteiger partial charge in [-0.1, -0.05) is 0 Å². The predicted molar refractivity (Wildman–Crippen MR) is 84.2 cm³/mol. The van der Waals surface area contributed by atoms with Crippen molar-refractivity contribution in [2.24, 2.45) is 0 Å². The molecule has 4 rings (SSSR count). The molecule has 0 radical (unpaired) electrons. The van der Waals surface area contributed by atoms with Crippen LogP contribution in [0.1, 0.15) is 27.9 Å². The number of amides is 2. The van der Waals surface area contributed by atoms with Crippen LogP contribution in [0.3, 0.4) is 0 Å². The van der Waals surface area contributed by atoms with Gasteiger partial charge in [0.15, 0.2) is 0 Å². The van der Waals surface area contributed by atoms with Crippen molar-refractivity contribution in [2.45, 2.75) is 19.3 Å². The topological polar surface area (TPSA) is 43.9 Å². The van der Waals surface area contributed by atoms with Gasteiger partial charge in [0.2, 0.25) is 5.91 Å². The molecule has 1 aromatic carbocycles. The second kappa shape index (κ2) is 5.09. The molecule has 3 aliphatic heterocycles. The van der Waals surface area contributed by atoms with Gasteiger partial charge in [-0.3, -0.25) is 9.59 Å². The van der Waals surface area contributed by atoms with Gasteiger partial charge in [0.1, 0.15) is 0 Å². The van der Waals surface area contributed by atoms with Crippen LogP contribution < -0.4 is 4.90 Å². The van der Waals surface area contributed by atoms with E-state index in [0.717, 1.165) is 56.8 Å². The fourth-order valence-electron chi connectivity index (χ4n) is 3.77. The summed E-state index contributed by atoms with van der Waals surface area (Å²) in [5.74, 6) is 0.367. The van der Waals surface area contributed by atoms with Crippen molar-refractivity contribution < 1.29 is 9.59 Å². The minimum atomic E-state index is 0.141. The van der Waals surface area contributed by atoms with Crippen molar-refractivity contribution in [1.29, 1.82) is 0 Å². The molecule has 0 N–H and O–H groups in total. The van der Waals surface area contributed by atoms with Crippen LogP contribution in [0.2, 0.25) is 0 Å². The van der Waals surface area contributed by atoms with Crippen molar-refractivity contribution in [1.82, 2.24) is 9.80 Å². The van der Waals surface area contributed by atoms with Crippen LogP contribution in [0.15, 0.2) is 12.1 Å². The summed E-state index contributed by atoms with van der Waals surface area (Å²) in [6.07, 6.45) is 2.21. The first-order valence-corrected chi connectivity index (χ1v) is 8.07. The molecule has 0 aliphatic carbocycles. The standard InChI is InChI=1S/C17H21N3O2/c1-18-6-8-19(9-7-18)17(22)14-10-12-2-3-15(21)20-5-4-13(11-14)16(12)20/h10-11H,2-9H2,1H3. The molecule has 116 valence electrons. The van der Waals surface area contributed by atoms with Crippen LogP contribution >= 0.6 is 0 Å². The normalized spacial score (nSPS) is 21.2. The molecule has 1 saturated heterocycles. The number of rotatable bonds is 1. The van der Waals surface area contributed by atoms with E-state index in [1.807, 2.05) is 21.9 Å². The lowest BCUT2D eigenvalue weighted by atomic mass is 9.96. The van der Waals surface area contributed by atoms with Crippen LogP contribution in [-0.4, -0.2) is 61.4 Å². The van der Waals surface area contributed by atoms with E-state index in [2.05, 4.69) is 11.9 Å². The van der Waals surface area contributed by atoms with Gasteiger partial charge in [-0.05, 0) is 43.1 Å². The highest BCUT2D eigenvalue weighted by Gasteiger charge is 2.32. The van der Waals surface area contributed by atoms with Crippen molar-refractivity contribution >= 4 is 17.5 Å². The van der Waals surface area contributed by atoms with Gasteiger partial charge < -0.3 is 14.7 Å². The number of piperazine rings is 1. The number of nitrogens with zero attached hydrogens (tertiary/aromatic N) is 3. The largest absolute Gasteiger partial charge is 0.336 e. The molecular formula is C17H21N3O2. The first kappa shape index (κ1) is 13.8. The Bertz CT molecular complexity index is 648. The van der Waals surface area contributed by atoms with Crippen LogP contribution in [0.4, 0.5) is 5.69 Å². The molecule has 0 spiro atoms. The fourth-order valence-corrected chi connectivity index (χ4v) is 3.77. The van der Waals surface area contributed by atoms with Gasteiger partial charge in [-0.25, -0.2) is 0 Å². The summed E-state index contributed by atoms with van der Waals surface area (Å²) >= 11 is 0. The van der Waals surface area contributed by atoms with E-state index in [9.17, 15) is 9.59 Å². The highest BCUT2D eigenvalue weighted by atomic mass is 16.2. The Morgan fingerprint density at radius 1 is 0.955 bits per heavy atom.